The van der Waals surface area contributed by atoms with Gasteiger partial charge in [0, 0.05) is 51.3 Å². The van der Waals surface area contributed by atoms with E-state index in [4.69, 9.17) is 0 Å². The van der Waals surface area contributed by atoms with Gasteiger partial charge in [0.2, 0.25) is 0 Å². The van der Waals surface area contributed by atoms with Crippen molar-refractivity contribution < 1.29 is 4.79 Å². The van der Waals surface area contributed by atoms with E-state index in [-0.39, 0.29) is 5.91 Å². The summed E-state index contributed by atoms with van der Waals surface area (Å²) in [5, 5.41) is 4.14. The second-order valence-corrected chi connectivity index (χ2v) is 8.50. The molecule has 0 saturated carbocycles. The maximum Gasteiger partial charge on any atom is 0.272 e. The van der Waals surface area contributed by atoms with Crippen LogP contribution in [0.25, 0.3) is 0 Å². The molecule has 6 heteroatoms. The summed E-state index contributed by atoms with van der Waals surface area (Å²) in [6.07, 6.45) is 8.49. The van der Waals surface area contributed by atoms with Gasteiger partial charge in [0.1, 0.15) is 5.69 Å². The van der Waals surface area contributed by atoms with E-state index in [0.29, 0.717) is 17.7 Å². The minimum atomic E-state index is 0.0850. The quantitative estimate of drug-likeness (QED) is 0.591. The van der Waals surface area contributed by atoms with Crippen LogP contribution in [0.1, 0.15) is 34.5 Å². The van der Waals surface area contributed by atoms with Gasteiger partial charge in [-0.05, 0) is 55.5 Å². The molecule has 0 aliphatic carbocycles. The van der Waals surface area contributed by atoms with E-state index < -0.39 is 0 Å². The number of nitrogens with zero attached hydrogens (tertiary/aromatic N) is 5. The molecule has 6 nitrogen and oxygen atoms in total. The Hall–Kier alpha value is -2.99. The molecule has 1 saturated heterocycles. The number of hydrogen-bond donors (Lipinski definition) is 0. The summed E-state index contributed by atoms with van der Waals surface area (Å²) in [5.41, 5.74) is 3.25. The Morgan fingerprint density at radius 2 is 1.81 bits per heavy atom. The Bertz CT molecular complexity index is 964. The maximum absolute atomic E-state index is 12.9. The molecule has 0 spiro atoms. The van der Waals surface area contributed by atoms with Gasteiger partial charge in [-0.25, -0.2) is 0 Å². The standard InChI is InChI=1S/C25H31N5O/c1-28(19-21-9-6-13-26-18-21)24(17-20-7-4-3-5-8-20)22-11-15-30(16-12-22)25(31)23-10-14-27-29(23)2/h3-10,13-14,18,22,24H,11-12,15-17,19H2,1-2H3/t24-/m0/s1. The molecule has 0 N–H and O–H groups in total. The predicted octanol–water partition coefficient (Wildman–Crippen LogP) is 3.41. The lowest BCUT2D eigenvalue weighted by Crippen LogP contribution is -2.46. The number of rotatable bonds is 7. The van der Waals surface area contributed by atoms with E-state index in [0.717, 1.165) is 38.9 Å². The lowest BCUT2D eigenvalue weighted by Gasteiger charge is -2.40. The summed E-state index contributed by atoms with van der Waals surface area (Å²) in [4.78, 5) is 21.6. The average Bonchev–Trinajstić information content (AvgIpc) is 3.24. The Kier molecular flexibility index (Phi) is 6.77. The van der Waals surface area contributed by atoms with Crippen molar-refractivity contribution in [1.29, 1.82) is 0 Å². The van der Waals surface area contributed by atoms with E-state index in [1.54, 1.807) is 16.9 Å². The van der Waals surface area contributed by atoms with E-state index in [9.17, 15) is 4.79 Å². The number of likely N-dealkylation sites (tertiary alicyclic amines) is 1. The molecule has 2 aromatic heterocycles. The number of pyridine rings is 1. The number of piperidine rings is 1. The highest BCUT2D eigenvalue weighted by Gasteiger charge is 2.31. The van der Waals surface area contributed by atoms with Crippen molar-refractivity contribution in [3.05, 3.63) is 83.9 Å². The zero-order valence-electron chi connectivity index (χ0n) is 18.4. The van der Waals surface area contributed by atoms with Crippen LogP contribution in [0.2, 0.25) is 0 Å². The monoisotopic (exact) mass is 417 g/mol. The fourth-order valence-corrected chi connectivity index (χ4v) is 4.67. The number of aromatic nitrogens is 3. The van der Waals surface area contributed by atoms with Gasteiger partial charge < -0.3 is 4.90 Å². The summed E-state index contributed by atoms with van der Waals surface area (Å²) in [7, 11) is 4.04. The highest BCUT2D eigenvalue weighted by molar-refractivity contribution is 5.92. The molecular formula is C25H31N5O. The average molecular weight is 418 g/mol. The van der Waals surface area contributed by atoms with Gasteiger partial charge in [0.25, 0.3) is 5.91 Å². The van der Waals surface area contributed by atoms with Gasteiger partial charge in [0.15, 0.2) is 0 Å². The number of carbonyl (C=O) groups excluding carboxylic acids is 1. The Morgan fingerprint density at radius 3 is 2.45 bits per heavy atom. The van der Waals surface area contributed by atoms with E-state index in [2.05, 4.69) is 58.4 Å². The molecule has 1 aliphatic heterocycles. The molecule has 162 valence electrons. The Balaban J connectivity index is 1.45. The molecule has 4 rings (SSSR count). The van der Waals surface area contributed by atoms with Crippen LogP contribution >= 0.6 is 0 Å². The Morgan fingerprint density at radius 1 is 1.06 bits per heavy atom. The van der Waals surface area contributed by atoms with Gasteiger partial charge in [-0.3, -0.25) is 19.4 Å². The summed E-state index contributed by atoms with van der Waals surface area (Å²) in [6, 6.07) is 17.1. The molecule has 1 amide bonds. The second kappa shape index (κ2) is 9.88. The van der Waals surface area contributed by atoms with Crippen molar-refractivity contribution >= 4 is 5.91 Å². The first-order chi connectivity index (χ1) is 15.1. The number of benzene rings is 1. The van der Waals surface area contributed by atoms with Crippen LogP contribution in [0.4, 0.5) is 0 Å². The van der Waals surface area contributed by atoms with Crippen LogP contribution in [0, 0.1) is 5.92 Å². The lowest BCUT2D eigenvalue weighted by atomic mass is 9.84. The summed E-state index contributed by atoms with van der Waals surface area (Å²) < 4.78 is 1.66. The molecule has 3 heterocycles. The van der Waals surface area contributed by atoms with Crippen molar-refractivity contribution in [3.63, 3.8) is 0 Å². The first-order valence-corrected chi connectivity index (χ1v) is 11.0. The maximum atomic E-state index is 12.9. The largest absolute Gasteiger partial charge is 0.337 e. The third kappa shape index (κ3) is 5.20. The highest BCUT2D eigenvalue weighted by atomic mass is 16.2. The molecule has 0 unspecified atom stereocenters. The first kappa shape index (κ1) is 21.2. The van der Waals surface area contributed by atoms with Crippen molar-refractivity contribution in [3.8, 4) is 0 Å². The molecule has 31 heavy (non-hydrogen) atoms. The van der Waals surface area contributed by atoms with Crippen LogP contribution in [0.15, 0.2) is 67.1 Å². The third-order valence-electron chi connectivity index (χ3n) is 6.42. The smallest absolute Gasteiger partial charge is 0.272 e. The molecule has 1 fully saturated rings. The fourth-order valence-electron chi connectivity index (χ4n) is 4.67. The van der Waals surface area contributed by atoms with Gasteiger partial charge in [-0.2, -0.15) is 5.10 Å². The van der Waals surface area contributed by atoms with Crippen LogP contribution in [0.3, 0.4) is 0 Å². The van der Waals surface area contributed by atoms with Gasteiger partial charge in [-0.1, -0.05) is 36.4 Å². The minimum Gasteiger partial charge on any atom is -0.337 e. The fraction of sp³-hybridized carbons (Fsp3) is 0.400. The van der Waals surface area contributed by atoms with E-state index in [1.807, 2.05) is 30.4 Å². The highest BCUT2D eigenvalue weighted by Crippen LogP contribution is 2.28. The topological polar surface area (TPSA) is 54.3 Å². The normalized spacial score (nSPS) is 15.9. The number of aryl methyl sites for hydroxylation is 1. The summed E-state index contributed by atoms with van der Waals surface area (Å²) in [5.74, 6) is 0.624. The number of carbonyl (C=O) groups is 1. The number of hydrogen-bond acceptors (Lipinski definition) is 4. The second-order valence-electron chi connectivity index (χ2n) is 8.50. The van der Waals surface area contributed by atoms with E-state index >= 15 is 0 Å². The molecular weight excluding hydrogens is 386 g/mol. The zero-order chi connectivity index (χ0) is 21.6. The van der Waals surface area contributed by atoms with Crippen LogP contribution in [0.5, 0.6) is 0 Å². The molecule has 1 aromatic carbocycles. The van der Waals surface area contributed by atoms with Gasteiger partial charge in [-0.15, -0.1) is 0 Å². The molecule has 1 atom stereocenters. The van der Waals surface area contributed by atoms with Crippen molar-refractivity contribution in [2.24, 2.45) is 13.0 Å². The predicted molar refractivity (Wildman–Crippen MR) is 121 cm³/mol. The first-order valence-electron chi connectivity index (χ1n) is 11.0. The molecule has 0 bridgehead atoms. The zero-order valence-corrected chi connectivity index (χ0v) is 18.4. The van der Waals surface area contributed by atoms with Crippen molar-refractivity contribution in [2.75, 3.05) is 20.1 Å². The minimum absolute atomic E-state index is 0.0850. The Labute approximate surface area is 184 Å². The summed E-state index contributed by atoms with van der Waals surface area (Å²) >= 11 is 0. The number of amides is 1. The van der Waals surface area contributed by atoms with Crippen molar-refractivity contribution in [2.45, 2.75) is 31.8 Å². The number of likely N-dealkylation sites (N-methyl/N-ethyl adjacent to an activating group) is 1. The third-order valence-corrected chi connectivity index (χ3v) is 6.42. The van der Waals surface area contributed by atoms with Crippen LogP contribution in [-0.4, -0.2) is 56.7 Å². The summed E-state index contributed by atoms with van der Waals surface area (Å²) in [6.45, 7) is 2.46. The molecule has 1 aliphatic rings. The molecule has 0 radical (unpaired) electrons. The van der Waals surface area contributed by atoms with Crippen molar-refractivity contribution in [1.82, 2.24) is 24.6 Å². The van der Waals surface area contributed by atoms with Crippen LogP contribution in [-0.2, 0) is 20.0 Å². The SMILES string of the molecule is CN(Cc1cccnc1)[C@@H](Cc1ccccc1)C1CCN(C(=O)c2ccnn2C)CC1. The van der Waals surface area contributed by atoms with Crippen LogP contribution < -0.4 is 0 Å². The van der Waals surface area contributed by atoms with Gasteiger partial charge in [0.05, 0.1) is 0 Å². The van der Waals surface area contributed by atoms with Gasteiger partial charge >= 0.3 is 0 Å². The van der Waals surface area contributed by atoms with E-state index in [1.165, 1.54) is 11.1 Å². The lowest BCUT2D eigenvalue weighted by molar-refractivity contribution is 0.0593. The molecule has 3 aromatic rings.